The number of carbonyl (C=O) groups excluding carboxylic acids is 1. The van der Waals surface area contributed by atoms with Crippen LogP contribution in [0.3, 0.4) is 0 Å². The van der Waals surface area contributed by atoms with E-state index in [4.69, 9.17) is 10.5 Å². The fraction of sp³-hybridized carbons (Fsp3) is 0.941. The average Bonchev–Trinajstić information content (AvgIpc) is 2.51. The Morgan fingerprint density at radius 1 is 1.24 bits per heavy atom. The smallest absolute Gasteiger partial charge is 0.220 e. The molecule has 1 fully saturated rings. The molecule has 1 unspecified atom stereocenters. The van der Waals surface area contributed by atoms with Crippen LogP contribution in [0.4, 0.5) is 0 Å². The molecule has 1 rings (SSSR count). The van der Waals surface area contributed by atoms with E-state index in [2.05, 4.69) is 12.2 Å². The molecule has 0 bridgehead atoms. The Morgan fingerprint density at radius 3 is 2.67 bits per heavy atom. The van der Waals surface area contributed by atoms with Gasteiger partial charge < -0.3 is 15.8 Å². The van der Waals surface area contributed by atoms with E-state index in [9.17, 15) is 4.79 Å². The molecule has 0 saturated heterocycles. The highest BCUT2D eigenvalue weighted by molar-refractivity contribution is 5.75. The molecule has 0 radical (unpaired) electrons. The number of hydrogen-bond acceptors (Lipinski definition) is 3. The fourth-order valence-corrected chi connectivity index (χ4v) is 3.15. The second kappa shape index (κ2) is 12.0. The van der Waals surface area contributed by atoms with E-state index < -0.39 is 0 Å². The molecule has 1 aliphatic carbocycles. The molecule has 0 aromatic carbocycles. The van der Waals surface area contributed by atoms with Crippen LogP contribution in [0.25, 0.3) is 0 Å². The lowest BCUT2D eigenvalue weighted by Crippen LogP contribution is -2.29. The van der Waals surface area contributed by atoms with E-state index >= 15 is 0 Å². The lowest BCUT2D eigenvalue weighted by atomic mass is 9.94. The number of nitrogens with one attached hydrogen (secondary N) is 1. The van der Waals surface area contributed by atoms with Gasteiger partial charge in [-0.2, -0.15) is 0 Å². The highest BCUT2D eigenvalue weighted by atomic mass is 16.5. The second-order valence-electron chi connectivity index (χ2n) is 6.25. The summed E-state index contributed by atoms with van der Waals surface area (Å²) < 4.78 is 5.80. The van der Waals surface area contributed by atoms with Crippen molar-refractivity contribution < 1.29 is 9.53 Å². The summed E-state index contributed by atoms with van der Waals surface area (Å²) in [6.45, 7) is 4.20. The molecule has 124 valence electrons. The highest BCUT2D eigenvalue weighted by Gasteiger charge is 2.13. The molecule has 4 nitrogen and oxygen atoms in total. The zero-order chi connectivity index (χ0) is 15.3. The van der Waals surface area contributed by atoms with Gasteiger partial charge in [0, 0.05) is 13.0 Å². The maximum Gasteiger partial charge on any atom is 0.220 e. The van der Waals surface area contributed by atoms with Gasteiger partial charge in [-0.05, 0) is 38.1 Å². The summed E-state index contributed by atoms with van der Waals surface area (Å²) in [6.07, 6.45) is 11.7. The summed E-state index contributed by atoms with van der Waals surface area (Å²) in [5.74, 6) is 0.754. The zero-order valence-corrected chi connectivity index (χ0v) is 13.7. The number of rotatable bonds is 11. The standard InChI is InChI=1S/C17H34N2O2/c1-2-6-15(11-12-18)9-10-17(20)19-13-14-21-16-7-4-3-5-8-16/h15-16H,2-14,18H2,1H3,(H,19,20). The van der Waals surface area contributed by atoms with E-state index in [1.807, 2.05) is 0 Å². The van der Waals surface area contributed by atoms with Crippen molar-refractivity contribution in [3.8, 4) is 0 Å². The van der Waals surface area contributed by atoms with Gasteiger partial charge in [0.2, 0.25) is 5.91 Å². The van der Waals surface area contributed by atoms with Crippen molar-refractivity contribution in [1.29, 1.82) is 0 Å². The third-order valence-electron chi connectivity index (χ3n) is 4.38. The molecule has 0 aromatic rings. The van der Waals surface area contributed by atoms with Crippen LogP contribution in [0, 0.1) is 5.92 Å². The quantitative estimate of drug-likeness (QED) is 0.576. The van der Waals surface area contributed by atoms with Crippen LogP contribution in [-0.2, 0) is 9.53 Å². The molecule has 1 atom stereocenters. The van der Waals surface area contributed by atoms with Crippen LogP contribution in [-0.4, -0.2) is 31.7 Å². The first-order valence-corrected chi connectivity index (χ1v) is 8.84. The topological polar surface area (TPSA) is 64.4 Å². The normalized spacial score (nSPS) is 17.6. The molecule has 0 aromatic heterocycles. The highest BCUT2D eigenvalue weighted by Crippen LogP contribution is 2.20. The van der Waals surface area contributed by atoms with Crippen molar-refractivity contribution in [3.05, 3.63) is 0 Å². The Morgan fingerprint density at radius 2 is 2.00 bits per heavy atom. The van der Waals surface area contributed by atoms with Gasteiger partial charge in [0.1, 0.15) is 0 Å². The van der Waals surface area contributed by atoms with Crippen molar-refractivity contribution >= 4 is 5.91 Å². The van der Waals surface area contributed by atoms with Crippen molar-refractivity contribution in [3.63, 3.8) is 0 Å². The van der Waals surface area contributed by atoms with Crippen LogP contribution in [0.1, 0.15) is 71.1 Å². The zero-order valence-electron chi connectivity index (χ0n) is 13.7. The first-order valence-electron chi connectivity index (χ1n) is 8.84. The van der Waals surface area contributed by atoms with Gasteiger partial charge in [-0.1, -0.05) is 39.0 Å². The Hall–Kier alpha value is -0.610. The van der Waals surface area contributed by atoms with Crippen LogP contribution in [0.2, 0.25) is 0 Å². The Bertz CT molecular complexity index is 260. The number of amides is 1. The molecule has 1 aliphatic rings. The van der Waals surface area contributed by atoms with Crippen LogP contribution in [0.15, 0.2) is 0 Å². The molecule has 3 N–H and O–H groups in total. The largest absolute Gasteiger partial charge is 0.376 e. The van der Waals surface area contributed by atoms with Gasteiger partial charge in [0.15, 0.2) is 0 Å². The lowest BCUT2D eigenvalue weighted by molar-refractivity contribution is -0.121. The molecule has 4 heteroatoms. The van der Waals surface area contributed by atoms with E-state index in [0.29, 0.717) is 31.6 Å². The van der Waals surface area contributed by atoms with Gasteiger partial charge in [-0.15, -0.1) is 0 Å². The Kier molecular flexibility index (Phi) is 10.5. The van der Waals surface area contributed by atoms with Crippen LogP contribution < -0.4 is 11.1 Å². The predicted molar refractivity (Wildman–Crippen MR) is 87.1 cm³/mol. The first-order chi connectivity index (χ1) is 10.3. The summed E-state index contributed by atoms with van der Waals surface area (Å²) in [4.78, 5) is 11.8. The van der Waals surface area contributed by atoms with Gasteiger partial charge >= 0.3 is 0 Å². The number of carbonyl (C=O) groups is 1. The van der Waals surface area contributed by atoms with E-state index in [1.165, 1.54) is 44.9 Å². The van der Waals surface area contributed by atoms with Gasteiger partial charge in [0.05, 0.1) is 12.7 Å². The van der Waals surface area contributed by atoms with Crippen LogP contribution >= 0.6 is 0 Å². The summed E-state index contributed by atoms with van der Waals surface area (Å²) in [5, 5.41) is 2.97. The van der Waals surface area contributed by atoms with E-state index in [0.717, 1.165) is 19.4 Å². The average molecular weight is 298 g/mol. The lowest BCUT2D eigenvalue weighted by Gasteiger charge is -2.22. The molecule has 1 amide bonds. The third-order valence-corrected chi connectivity index (χ3v) is 4.38. The van der Waals surface area contributed by atoms with Crippen molar-refractivity contribution in [2.24, 2.45) is 11.7 Å². The minimum Gasteiger partial charge on any atom is -0.376 e. The molecule has 21 heavy (non-hydrogen) atoms. The van der Waals surface area contributed by atoms with Gasteiger partial charge in [0.25, 0.3) is 0 Å². The van der Waals surface area contributed by atoms with Crippen molar-refractivity contribution in [2.75, 3.05) is 19.7 Å². The summed E-state index contributed by atoms with van der Waals surface area (Å²) in [5.41, 5.74) is 5.62. The first kappa shape index (κ1) is 18.4. The maximum absolute atomic E-state index is 11.8. The van der Waals surface area contributed by atoms with Crippen molar-refractivity contribution in [1.82, 2.24) is 5.32 Å². The summed E-state index contributed by atoms with van der Waals surface area (Å²) in [6, 6.07) is 0. The molecule has 0 spiro atoms. The molecule has 0 heterocycles. The van der Waals surface area contributed by atoms with Crippen molar-refractivity contribution in [2.45, 2.75) is 77.2 Å². The predicted octanol–water partition coefficient (Wildman–Crippen LogP) is 3.00. The number of ether oxygens (including phenoxy) is 1. The molecule has 1 saturated carbocycles. The number of nitrogens with two attached hydrogens (primary N) is 1. The summed E-state index contributed by atoms with van der Waals surface area (Å²) in [7, 11) is 0. The van der Waals surface area contributed by atoms with Crippen LogP contribution in [0.5, 0.6) is 0 Å². The third kappa shape index (κ3) is 9.10. The van der Waals surface area contributed by atoms with E-state index in [1.54, 1.807) is 0 Å². The van der Waals surface area contributed by atoms with Gasteiger partial charge in [-0.3, -0.25) is 4.79 Å². The monoisotopic (exact) mass is 298 g/mol. The minimum absolute atomic E-state index is 0.153. The second-order valence-corrected chi connectivity index (χ2v) is 6.25. The fourth-order valence-electron chi connectivity index (χ4n) is 3.15. The minimum atomic E-state index is 0.153. The molecular weight excluding hydrogens is 264 g/mol. The Balaban J connectivity index is 2.01. The SMILES string of the molecule is CCCC(CCN)CCC(=O)NCCOC1CCCCC1. The molecular formula is C17H34N2O2. The maximum atomic E-state index is 11.8. The van der Waals surface area contributed by atoms with Gasteiger partial charge in [-0.25, -0.2) is 0 Å². The Labute approximate surface area is 130 Å². The number of hydrogen-bond donors (Lipinski definition) is 2. The summed E-state index contributed by atoms with van der Waals surface area (Å²) >= 11 is 0. The van der Waals surface area contributed by atoms with E-state index in [-0.39, 0.29) is 5.91 Å². The molecule has 0 aliphatic heterocycles.